The van der Waals surface area contributed by atoms with Crippen LogP contribution in [0.25, 0.3) is 0 Å². The van der Waals surface area contributed by atoms with Crippen molar-refractivity contribution in [1.29, 1.82) is 0 Å². The second kappa shape index (κ2) is 5.21. The van der Waals surface area contributed by atoms with E-state index in [-0.39, 0.29) is 0 Å². The van der Waals surface area contributed by atoms with Gasteiger partial charge in [-0.2, -0.15) is 0 Å². The number of para-hydroxylation sites is 2. The molecule has 1 saturated heterocycles. The monoisotopic (exact) mass is 220 g/mol. The number of nitrogens with one attached hydrogen (secondary N) is 1. The lowest BCUT2D eigenvalue weighted by Crippen LogP contribution is -2.42. The molecular formula is C13H20N2O. The SMILES string of the molecule is CN(CC1CCCCN1)c1ccccc1O. The van der Waals surface area contributed by atoms with Gasteiger partial charge in [-0.05, 0) is 31.5 Å². The number of phenolic OH excluding ortho intramolecular Hbond substituents is 1. The topological polar surface area (TPSA) is 35.5 Å². The van der Waals surface area contributed by atoms with Crippen molar-refractivity contribution in [3.8, 4) is 5.75 Å². The minimum absolute atomic E-state index is 0.362. The summed E-state index contributed by atoms with van der Waals surface area (Å²) in [6, 6.07) is 8.06. The van der Waals surface area contributed by atoms with Crippen LogP contribution < -0.4 is 10.2 Å². The number of benzene rings is 1. The molecule has 1 aromatic rings. The van der Waals surface area contributed by atoms with Gasteiger partial charge in [-0.25, -0.2) is 0 Å². The summed E-state index contributed by atoms with van der Waals surface area (Å²) in [7, 11) is 2.03. The van der Waals surface area contributed by atoms with Crippen molar-refractivity contribution in [2.45, 2.75) is 25.3 Å². The smallest absolute Gasteiger partial charge is 0.138 e. The second-order valence-electron chi connectivity index (χ2n) is 4.52. The van der Waals surface area contributed by atoms with Crippen LogP contribution in [0.15, 0.2) is 24.3 Å². The molecule has 3 nitrogen and oxygen atoms in total. The largest absolute Gasteiger partial charge is 0.506 e. The fourth-order valence-electron chi connectivity index (χ4n) is 2.30. The third kappa shape index (κ3) is 2.67. The summed E-state index contributed by atoms with van der Waals surface area (Å²) in [6.07, 6.45) is 3.83. The lowest BCUT2D eigenvalue weighted by atomic mass is 10.0. The van der Waals surface area contributed by atoms with E-state index in [2.05, 4.69) is 10.2 Å². The number of hydrogen-bond donors (Lipinski definition) is 2. The number of likely N-dealkylation sites (N-methyl/N-ethyl adjacent to an activating group) is 1. The Morgan fingerprint density at radius 3 is 2.88 bits per heavy atom. The van der Waals surface area contributed by atoms with Crippen LogP contribution in [-0.4, -0.2) is 31.3 Å². The van der Waals surface area contributed by atoms with E-state index >= 15 is 0 Å². The van der Waals surface area contributed by atoms with E-state index in [0.29, 0.717) is 11.8 Å². The number of anilines is 1. The van der Waals surface area contributed by atoms with E-state index < -0.39 is 0 Å². The molecular weight excluding hydrogens is 200 g/mol. The Bertz CT molecular complexity index is 334. The predicted octanol–water partition coefficient (Wildman–Crippen LogP) is 1.97. The summed E-state index contributed by atoms with van der Waals surface area (Å²) in [5.41, 5.74) is 0.912. The summed E-state index contributed by atoms with van der Waals surface area (Å²) in [5, 5.41) is 13.3. The summed E-state index contributed by atoms with van der Waals surface area (Å²) in [4.78, 5) is 2.12. The average Bonchev–Trinajstić information content (AvgIpc) is 2.31. The molecule has 1 aliphatic rings. The maximum Gasteiger partial charge on any atom is 0.138 e. The first-order chi connectivity index (χ1) is 7.77. The first-order valence-corrected chi connectivity index (χ1v) is 6.00. The van der Waals surface area contributed by atoms with Gasteiger partial charge in [0.2, 0.25) is 0 Å². The Morgan fingerprint density at radius 2 is 2.19 bits per heavy atom. The van der Waals surface area contributed by atoms with Crippen molar-refractivity contribution in [3.63, 3.8) is 0 Å². The number of phenols is 1. The van der Waals surface area contributed by atoms with Crippen molar-refractivity contribution in [1.82, 2.24) is 5.32 Å². The van der Waals surface area contributed by atoms with Gasteiger partial charge in [-0.3, -0.25) is 0 Å². The Hall–Kier alpha value is -1.22. The van der Waals surface area contributed by atoms with Gasteiger partial charge in [0, 0.05) is 19.6 Å². The van der Waals surface area contributed by atoms with E-state index in [1.807, 2.05) is 25.2 Å². The van der Waals surface area contributed by atoms with Gasteiger partial charge < -0.3 is 15.3 Å². The van der Waals surface area contributed by atoms with Crippen LogP contribution in [0.1, 0.15) is 19.3 Å². The molecule has 1 heterocycles. The minimum Gasteiger partial charge on any atom is -0.506 e. The Kier molecular flexibility index (Phi) is 3.67. The highest BCUT2D eigenvalue weighted by atomic mass is 16.3. The van der Waals surface area contributed by atoms with Crippen LogP contribution in [0.3, 0.4) is 0 Å². The van der Waals surface area contributed by atoms with Gasteiger partial charge >= 0.3 is 0 Å². The summed E-state index contributed by atoms with van der Waals surface area (Å²) in [5.74, 6) is 0.362. The van der Waals surface area contributed by atoms with Gasteiger partial charge in [0.15, 0.2) is 0 Å². The van der Waals surface area contributed by atoms with Crippen LogP contribution in [0.5, 0.6) is 5.75 Å². The standard InChI is InChI=1S/C13H20N2O/c1-15(10-11-6-4-5-9-14-11)12-7-2-3-8-13(12)16/h2-3,7-8,11,14,16H,4-6,9-10H2,1H3. The van der Waals surface area contributed by atoms with Gasteiger partial charge in [0.05, 0.1) is 5.69 Å². The van der Waals surface area contributed by atoms with E-state index in [9.17, 15) is 5.11 Å². The maximum atomic E-state index is 9.75. The quantitative estimate of drug-likeness (QED) is 0.817. The lowest BCUT2D eigenvalue weighted by Gasteiger charge is -2.29. The van der Waals surface area contributed by atoms with E-state index in [1.54, 1.807) is 6.07 Å². The Morgan fingerprint density at radius 1 is 1.38 bits per heavy atom. The van der Waals surface area contributed by atoms with Gasteiger partial charge in [-0.15, -0.1) is 0 Å². The molecule has 3 heteroatoms. The van der Waals surface area contributed by atoms with E-state index in [0.717, 1.165) is 18.8 Å². The lowest BCUT2D eigenvalue weighted by molar-refractivity contribution is 0.401. The van der Waals surface area contributed by atoms with Gasteiger partial charge in [0.25, 0.3) is 0 Å². The Balaban J connectivity index is 1.96. The molecule has 88 valence electrons. The van der Waals surface area contributed by atoms with Crippen LogP contribution >= 0.6 is 0 Å². The molecule has 0 aliphatic carbocycles. The molecule has 0 aromatic heterocycles. The van der Waals surface area contributed by atoms with Crippen molar-refractivity contribution in [2.75, 3.05) is 25.0 Å². The highest BCUT2D eigenvalue weighted by Gasteiger charge is 2.15. The molecule has 0 spiro atoms. The van der Waals surface area contributed by atoms with Crippen molar-refractivity contribution >= 4 is 5.69 Å². The predicted molar refractivity (Wildman–Crippen MR) is 67.0 cm³/mol. The molecule has 2 rings (SSSR count). The number of nitrogens with zero attached hydrogens (tertiary/aromatic N) is 1. The summed E-state index contributed by atoms with van der Waals surface area (Å²) < 4.78 is 0. The molecule has 0 radical (unpaired) electrons. The van der Waals surface area contributed by atoms with Gasteiger partial charge in [-0.1, -0.05) is 18.6 Å². The number of piperidine rings is 1. The summed E-state index contributed by atoms with van der Waals surface area (Å²) >= 11 is 0. The molecule has 0 saturated carbocycles. The zero-order valence-corrected chi connectivity index (χ0v) is 9.82. The molecule has 2 N–H and O–H groups in total. The van der Waals surface area contributed by atoms with E-state index in [4.69, 9.17) is 0 Å². The van der Waals surface area contributed by atoms with E-state index in [1.165, 1.54) is 19.3 Å². The second-order valence-corrected chi connectivity index (χ2v) is 4.52. The maximum absolute atomic E-state index is 9.75. The molecule has 0 bridgehead atoms. The molecule has 1 aromatic carbocycles. The molecule has 1 unspecified atom stereocenters. The number of aromatic hydroxyl groups is 1. The third-order valence-corrected chi connectivity index (χ3v) is 3.20. The third-order valence-electron chi connectivity index (χ3n) is 3.20. The molecule has 1 aliphatic heterocycles. The fraction of sp³-hybridized carbons (Fsp3) is 0.538. The highest BCUT2D eigenvalue weighted by molar-refractivity contribution is 5.57. The average molecular weight is 220 g/mol. The van der Waals surface area contributed by atoms with Crippen molar-refractivity contribution in [3.05, 3.63) is 24.3 Å². The molecule has 1 atom stereocenters. The van der Waals surface area contributed by atoms with Crippen LogP contribution in [0.2, 0.25) is 0 Å². The van der Waals surface area contributed by atoms with Crippen molar-refractivity contribution in [2.24, 2.45) is 0 Å². The fourth-order valence-corrected chi connectivity index (χ4v) is 2.30. The highest BCUT2D eigenvalue weighted by Crippen LogP contribution is 2.25. The first kappa shape index (κ1) is 11.3. The normalized spacial score (nSPS) is 20.7. The Labute approximate surface area is 97.1 Å². The van der Waals surface area contributed by atoms with Crippen LogP contribution in [-0.2, 0) is 0 Å². The molecule has 1 fully saturated rings. The summed E-state index contributed by atoms with van der Waals surface area (Å²) in [6.45, 7) is 2.08. The van der Waals surface area contributed by atoms with Gasteiger partial charge in [0.1, 0.15) is 5.75 Å². The minimum atomic E-state index is 0.362. The number of hydrogen-bond acceptors (Lipinski definition) is 3. The first-order valence-electron chi connectivity index (χ1n) is 6.00. The van der Waals surface area contributed by atoms with Crippen LogP contribution in [0, 0.1) is 0 Å². The molecule has 16 heavy (non-hydrogen) atoms. The number of rotatable bonds is 3. The van der Waals surface area contributed by atoms with Crippen molar-refractivity contribution < 1.29 is 5.11 Å². The zero-order valence-electron chi connectivity index (χ0n) is 9.82. The molecule has 0 amide bonds. The van der Waals surface area contributed by atoms with Crippen LogP contribution in [0.4, 0.5) is 5.69 Å². The zero-order chi connectivity index (χ0) is 11.4.